The minimum absolute atomic E-state index is 0.313. The molecule has 4 rings (SSSR count). The SMILES string of the molecule is c1ccc(Nc2cc(NC3COC3)nc(-c3ccccc3)n2)cc1. The molecule has 0 radical (unpaired) electrons. The molecule has 24 heavy (non-hydrogen) atoms. The van der Waals surface area contributed by atoms with E-state index in [1.165, 1.54) is 0 Å². The molecule has 1 aromatic heterocycles. The molecule has 5 nitrogen and oxygen atoms in total. The van der Waals surface area contributed by atoms with Crippen LogP contribution in [0.1, 0.15) is 0 Å². The van der Waals surface area contributed by atoms with Crippen LogP contribution < -0.4 is 10.6 Å². The van der Waals surface area contributed by atoms with Crippen LogP contribution in [0.3, 0.4) is 0 Å². The number of nitrogens with one attached hydrogen (secondary N) is 2. The molecule has 0 saturated carbocycles. The summed E-state index contributed by atoms with van der Waals surface area (Å²) in [6.07, 6.45) is 0. The van der Waals surface area contributed by atoms with E-state index in [2.05, 4.69) is 20.6 Å². The second-order valence-electron chi connectivity index (χ2n) is 5.70. The fourth-order valence-electron chi connectivity index (χ4n) is 2.50. The summed E-state index contributed by atoms with van der Waals surface area (Å²) in [4.78, 5) is 9.31. The van der Waals surface area contributed by atoms with E-state index in [1.54, 1.807) is 0 Å². The average molecular weight is 318 g/mol. The lowest BCUT2D eigenvalue weighted by Gasteiger charge is -2.27. The van der Waals surface area contributed by atoms with Gasteiger partial charge >= 0.3 is 0 Å². The first-order valence-corrected chi connectivity index (χ1v) is 7.98. The number of rotatable bonds is 5. The molecule has 0 aliphatic carbocycles. The molecule has 1 aliphatic rings. The van der Waals surface area contributed by atoms with Gasteiger partial charge in [0.1, 0.15) is 11.6 Å². The number of benzene rings is 2. The molecule has 0 amide bonds. The van der Waals surface area contributed by atoms with E-state index in [-0.39, 0.29) is 0 Å². The summed E-state index contributed by atoms with van der Waals surface area (Å²) in [5, 5.41) is 6.74. The normalized spacial score (nSPS) is 14.0. The van der Waals surface area contributed by atoms with Crippen LogP contribution in [-0.4, -0.2) is 29.2 Å². The van der Waals surface area contributed by atoms with Crippen LogP contribution in [0.15, 0.2) is 66.7 Å². The zero-order valence-corrected chi connectivity index (χ0v) is 13.1. The Bertz CT molecular complexity index is 804. The lowest BCUT2D eigenvalue weighted by molar-refractivity contribution is 0.0209. The van der Waals surface area contributed by atoms with Gasteiger partial charge in [0.2, 0.25) is 0 Å². The highest BCUT2D eigenvalue weighted by Crippen LogP contribution is 2.23. The van der Waals surface area contributed by atoms with Crippen molar-refractivity contribution >= 4 is 17.3 Å². The van der Waals surface area contributed by atoms with Crippen molar-refractivity contribution in [3.05, 3.63) is 66.7 Å². The van der Waals surface area contributed by atoms with Crippen LogP contribution in [0.2, 0.25) is 0 Å². The molecule has 2 heterocycles. The highest BCUT2D eigenvalue weighted by molar-refractivity contribution is 5.65. The van der Waals surface area contributed by atoms with Crippen LogP contribution in [0, 0.1) is 0 Å². The monoisotopic (exact) mass is 318 g/mol. The number of anilines is 3. The van der Waals surface area contributed by atoms with E-state index >= 15 is 0 Å². The van der Waals surface area contributed by atoms with Gasteiger partial charge < -0.3 is 15.4 Å². The summed E-state index contributed by atoms with van der Waals surface area (Å²) < 4.78 is 5.23. The molecule has 1 saturated heterocycles. The van der Waals surface area contributed by atoms with Crippen LogP contribution in [0.25, 0.3) is 11.4 Å². The summed E-state index contributed by atoms with van der Waals surface area (Å²) in [6, 6.07) is 22.2. The van der Waals surface area contributed by atoms with Crippen molar-refractivity contribution in [2.75, 3.05) is 23.8 Å². The molecule has 2 aromatic carbocycles. The molecule has 120 valence electrons. The first kappa shape index (κ1) is 14.7. The van der Waals surface area contributed by atoms with Crippen molar-refractivity contribution in [1.82, 2.24) is 9.97 Å². The molecule has 3 aromatic rings. The predicted octanol–water partition coefficient (Wildman–Crippen LogP) is 3.70. The van der Waals surface area contributed by atoms with Crippen LogP contribution in [0.4, 0.5) is 17.3 Å². The lowest BCUT2D eigenvalue weighted by atomic mass is 10.2. The zero-order chi connectivity index (χ0) is 16.2. The van der Waals surface area contributed by atoms with Gasteiger partial charge in [0.05, 0.1) is 19.3 Å². The largest absolute Gasteiger partial charge is 0.377 e. The lowest BCUT2D eigenvalue weighted by Crippen LogP contribution is -2.40. The maximum atomic E-state index is 5.23. The van der Waals surface area contributed by atoms with Gasteiger partial charge in [-0.05, 0) is 12.1 Å². The Labute approximate surface area is 140 Å². The van der Waals surface area contributed by atoms with Gasteiger partial charge in [0.25, 0.3) is 0 Å². The number of nitrogens with zero attached hydrogens (tertiary/aromatic N) is 2. The molecular formula is C19H18N4O. The molecule has 5 heteroatoms. The first-order valence-electron chi connectivity index (χ1n) is 7.98. The summed E-state index contributed by atoms with van der Waals surface area (Å²) in [6.45, 7) is 1.43. The standard InChI is InChI=1S/C19H18N4O/c1-3-7-14(8-4-1)19-22-17(20-15-9-5-2-6-10-15)11-18(23-19)21-16-12-24-13-16/h1-11,16H,12-13H2,(H2,20,21,22,23). The van der Waals surface area contributed by atoms with Gasteiger partial charge in [-0.15, -0.1) is 0 Å². The summed E-state index contributed by atoms with van der Waals surface area (Å²) in [5.41, 5.74) is 1.98. The third kappa shape index (κ3) is 3.36. The number of hydrogen-bond donors (Lipinski definition) is 2. The van der Waals surface area contributed by atoms with Crippen LogP contribution in [0.5, 0.6) is 0 Å². The fourth-order valence-corrected chi connectivity index (χ4v) is 2.50. The van der Waals surface area contributed by atoms with Crippen molar-refractivity contribution in [2.45, 2.75) is 6.04 Å². The molecule has 1 fully saturated rings. The maximum Gasteiger partial charge on any atom is 0.163 e. The number of ether oxygens (including phenoxy) is 1. The molecular weight excluding hydrogens is 300 g/mol. The Morgan fingerprint density at radius 3 is 2.17 bits per heavy atom. The van der Waals surface area contributed by atoms with Crippen LogP contribution >= 0.6 is 0 Å². The highest BCUT2D eigenvalue weighted by Gasteiger charge is 2.19. The Morgan fingerprint density at radius 1 is 0.833 bits per heavy atom. The predicted molar refractivity (Wildman–Crippen MR) is 95.4 cm³/mol. The third-order valence-electron chi connectivity index (χ3n) is 3.79. The van der Waals surface area contributed by atoms with Crippen LogP contribution in [-0.2, 0) is 4.74 Å². The smallest absolute Gasteiger partial charge is 0.163 e. The Balaban J connectivity index is 1.67. The minimum Gasteiger partial charge on any atom is -0.377 e. The Kier molecular flexibility index (Phi) is 4.08. The van der Waals surface area contributed by atoms with Gasteiger partial charge in [0.15, 0.2) is 5.82 Å². The second-order valence-corrected chi connectivity index (χ2v) is 5.70. The third-order valence-corrected chi connectivity index (χ3v) is 3.79. The summed E-state index contributed by atoms with van der Waals surface area (Å²) >= 11 is 0. The van der Waals surface area contributed by atoms with E-state index in [9.17, 15) is 0 Å². The molecule has 2 N–H and O–H groups in total. The summed E-state index contributed by atoms with van der Waals surface area (Å²) in [7, 11) is 0. The van der Waals surface area contributed by atoms with Crippen molar-refractivity contribution in [1.29, 1.82) is 0 Å². The fraction of sp³-hybridized carbons (Fsp3) is 0.158. The average Bonchev–Trinajstić information content (AvgIpc) is 2.60. The van der Waals surface area contributed by atoms with Crippen molar-refractivity contribution in [2.24, 2.45) is 0 Å². The van der Waals surface area contributed by atoms with Gasteiger partial charge in [-0.25, -0.2) is 9.97 Å². The Morgan fingerprint density at radius 2 is 1.50 bits per heavy atom. The van der Waals surface area contributed by atoms with Gasteiger partial charge in [-0.1, -0.05) is 48.5 Å². The maximum absolute atomic E-state index is 5.23. The summed E-state index contributed by atoms with van der Waals surface area (Å²) in [5.74, 6) is 2.26. The van der Waals surface area contributed by atoms with Gasteiger partial charge in [-0.2, -0.15) is 0 Å². The van der Waals surface area contributed by atoms with Crippen molar-refractivity contribution in [3.63, 3.8) is 0 Å². The second kappa shape index (κ2) is 6.68. The molecule has 0 spiro atoms. The van der Waals surface area contributed by atoms with E-state index in [0.717, 1.165) is 22.9 Å². The topological polar surface area (TPSA) is 59.1 Å². The minimum atomic E-state index is 0.313. The molecule has 0 bridgehead atoms. The molecule has 0 atom stereocenters. The van der Waals surface area contributed by atoms with Crippen molar-refractivity contribution < 1.29 is 4.74 Å². The van der Waals surface area contributed by atoms with E-state index in [1.807, 2.05) is 66.7 Å². The van der Waals surface area contributed by atoms with Gasteiger partial charge in [-0.3, -0.25) is 0 Å². The van der Waals surface area contributed by atoms with Gasteiger partial charge in [0, 0.05) is 17.3 Å². The highest BCUT2D eigenvalue weighted by atomic mass is 16.5. The van der Waals surface area contributed by atoms with Crippen molar-refractivity contribution in [3.8, 4) is 11.4 Å². The number of aromatic nitrogens is 2. The molecule has 1 aliphatic heterocycles. The zero-order valence-electron chi connectivity index (χ0n) is 13.1. The first-order chi connectivity index (χ1) is 11.9. The van der Waals surface area contributed by atoms with E-state index in [4.69, 9.17) is 4.74 Å². The molecule has 0 unspecified atom stereocenters. The van der Waals surface area contributed by atoms with E-state index < -0.39 is 0 Å². The number of para-hydroxylation sites is 1. The number of hydrogen-bond acceptors (Lipinski definition) is 5. The quantitative estimate of drug-likeness (QED) is 0.751. The Hall–Kier alpha value is -2.92. The van der Waals surface area contributed by atoms with E-state index in [0.29, 0.717) is 25.1 Å².